The Morgan fingerprint density at radius 3 is 2.96 bits per heavy atom. The van der Waals surface area contributed by atoms with Crippen LogP contribution in [0.2, 0.25) is 0 Å². The van der Waals surface area contributed by atoms with Crippen LogP contribution in [0.1, 0.15) is 30.2 Å². The highest BCUT2D eigenvalue weighted by Crippen LogP contribution is 2.11. The van der Waals surface area contributed by atoms with Crippen LogP contribution in [0.15, 0.2) is 46.0 Å². The number of hydrogen-bond acceptors (Lipinski definition) is 4. The fourth-order valence-corrected chi connectivity index (χ4v) is 2.22. The maximum Gasteiger partial charge on any atom is 0.191 e. The predicted octanol–water partition coefficient (Wildman–Crippen LogP) is 2.95. The normalized spacial score (nSPS) is 11.2. The van der Waals surface area contributed by atoms with E-state index in [0.717, 1.165) is 12.2 Å². The highest BCUT2D eigenvalue weighted by Gasteiger charge is 2.04. The zero-order valence-corrected chi connectivity index (χ0v) is 14.8. The molecule has 2 N–H and O–H groups in total. The predicted molar refractivity (Wildman–Crippen MR) is 96.9 cm³/mol. The molecule has 1 aromatic heterocycles. The van der Waals surface area contributed by atoms with Crippen LogP contribution in [0.3, 0.4) is 0 Å². The number of nitrogens with one attached hydrogen (secondary N) is 2. The van der Waals surface area contributed by atoms with E-state index in [0.29, 0.717) is 43.4 Å². The highest BCUT2D eigenvalue weighted by atomic mass is 19.1. The van der Waals surface area contributed by atoms with E-state index in [2.05, 4.69) is 15.6 Å². The number of aliphatic imine (C=N–C) groups is 1. The lowest BCUT2D eigenvalue weighted by atomic mass is 10.1. The van der Waals surface area contributed by atoms with Crippen LogP contribution in [-0.2, 0) is 17.9 Å². The molecule has 7 heteroatoms. The van der Waals surface area contributed by atoms with Crippen molar-refractivity contribution in [3.63, 3.8) is 0 Å². The third kappa shape index (κ3) is 6.57. The molecule has 6 nitrogen and oxygen atoms in total. The zero-order chi connectivity index (χ0) is 18.6. The molecule has 138 valence electrons. The van der Waals surface area contributed by atoms with Crippen LogP contribution in [0.25, 0.3) is 0 Å². The molecule has 0 aliphatic heterocycles. The number of furan rings is 1. The van der Waals surface area contributed by atoms with Crippen LogP contribution in [0.5, 0.6) is 0 Å². The minimum atomic E-state index is -0.366. The Morgan fingerprint density at radius 1 is 1.35 bits per heavy atom. The minimum absolute atomic E-state index is 0.158. The quantitative estimate of drug-likeness (QED) is 0.409. The van der Waals surface area contributed by atoms with Gasteiger partial charge < -0.3 is 19.8 Å². The maximum atomic E-state index is 13.8. The first-order valence-electron chi connectivity index (χ1n) is 8.53. The van der Waals surface area contributed by atoms with E-state index in [-0.39, 0.29) is 12.4 Å². The van der Waals surface area contributed by atoms with Gasteiger partial charge in [-0.1, -0.05) is 0 Å². The Kier molecular flexibility index (Phi) is 8.16. The zero-order valence-electron chi connectivity index (χ0n) is 14.8. The van der Waals surface area contributed by atoms with Crippen molar-refractivity contribution in [1.82, 2.24) is 10.6 Å². The van der Waals surface area contributed by atoms with Crippen LogP contribution in [0.4, 0.5) is 4.39 Å². The van der Waals surface area contributed by atoms with E-state index in [1.165, 1.54) is 18.2 Å². The average molecular weight is 358 g/mol. The molecule has 0 aliphatic carbocycles. The van der Waals surface area contributed by atoms with E-state index in [9.17, 15) is 4.39 Å². The summed E-state index contributed by atoms with van der Waals surface area (Å²) in [5.74, 6) is 1.03. The first kappa shape index (κ1) is 19.5. The smallest absolute Gasteiger partial charge is 0.191 e. The monoisotopic (exact) mass is 358 g/mol. The molecule has 2 rings (SSSR count). The van der Waals surface area contributed by atoms with Crippen LogP contribution < -0.4 is 10.6 Å². The average Bonchev–Trinajstić information content (AvgIpc) is 3.17. The van der Waals surface area contributed by atoms with Gasteiger partial charge in [-0.05, 0) is 43.7 Å². The van der Waals surface area contributed by atoms with Crippen molar-refractivity contribution in [2.45, 2.75) is 26.5 Å². The van der Waals surface area contributed by atoms with Gasteiger partial charge in [-0.3, -0.25) is 0 Å². The minimum Gasteiger partial charge on any atom is -0.467 e. The molecular formula is C19H23FN4O2. The molecule has 0 saturated carbocycles. The second-order valence-corrected chi connectivity index (χ2v) is 5.53. The summed E-state index contributed by atoms with van der Waals surface area (Å²) in [7, 11) is 0. The van der Waals surface area contributed by atoms with Gasteiger partial charge in [-0.25, -0.2) is 9.38 Å². The van der Waals surface area contributed by atoms with Gasteiger partial charge in [0.25, 0.3) is 0 Å². The number of nitrogens with zero attached hydrogens (tertiary/aromatic N) is 2. The number of guanidine groups is 1. The summed E-state index contributed by atoms with van der Waals surface area (Å²) in [6.07, 6.45) is 2.41. The topological polar surface area (TPSA) is 82.6 Å². The first-order chi connectivity index (χ1) is 12.7. The van der Waals surface area contributed by atoms with Gasteiger partial charge in [0.05, 0.1) is 24.4 Å². The van der Waals surface area contributed by atoms with Gasteiger partial charge in [0.15, 0.2) is 5.96 Å². The van der Waals surface area contributed by atoms with Gasteiger partial charge in [0.2, 0.25) is 0 Å². The lowest BCUT2D eigenvalue weighted by Crippen LogP contribution is -2.38. The number of nitriles is 1. The SMILES string of the molecule is CCNC(=NCc1cc(C#N)ccc1F)NCCCOCc1ccco1. The van der Waals surface area contributed by atoms with Crippen LogP contribution in [0, 0.1) is 17.1 Å². The summed E-state index contributed by atoms with van der Waals surface area (Å²) >= 11 is 0. The summed E-state index contributed by atoms with van der Waals surface area (Å²) < 4.78 is 24.5. The van der Waals surface area contributed by atoms with Gasteiger partial charge in [0.1, 0.15) is 18.2 Å². The Bertz CT molecular complexity index is 738. The number of rotatable bonds is 9. The summed E-state index contributed by atoms with van der Waals surface area (Å²) in [6.45, 7) is 4.53. The molecule has 0 radical (unpaired) electrons. The molecule has 1 aromatic carbocycles. The third-order valence-corrected chi connectivity index (χ3v) is 3.51. The molecular weight excluding hydrogens is 335 g/mol. The summed E-state index contributed by atoms with van der Waals surface area (Å²) in [5, 5.41) is 15.2. The van der Waals surface area contributed by atoms with Gasteiger partial charge in [-0.15, -0.1) is 0 Å². The van der Waals surface area contributed by atoms with Crippen molar-refractivity contribution < 1.29 is 13.5 Å². The van der Waals surface area contributed by atoms with Crippen molar-refractivity contribution in [2.24, 2.45) is 4.99 Å². The first-order valence-corrected chi connectivity index (χ1v) is 8.53. The fourth-order valence-electron chi connectivity index (χ4n) is 2.22. The molecule has 0 fully saturated rings. The number of halogens is 1. The van der Waals surface area contributed by atoms with Crippen LogP contribution >= 0.6 is 0 Å². The molecule has 0 saturated heterocycles. The van der Waals surface area contributed by atoms with Crippen LogP contribution in [-0.4, -0.2) is 25.7 Å². The molecule has 2 aromatic rings. The summed E-state index contributed by atoms with van der Waals surface area (Å²) in [5.41, 5.74) is 0.811. The molecule has 0 spiro atoms. The highest BCUT2D eigenvalue weighted by molar-refractivity contribution is 5.79. The molecule has 0 bridgehead atoms. The lowest BCUT2D eigenvalue weighted by Gasteiger charge is -2.11. The standard InChI is InChI=1S/C19H23FN4O2/c1-2-22-19(23-8-4-9-25-14-17-5-3-10-26-17)24-13-16-11-15(12-21)6-7-18(16)20/h3,5-7,10-11H,2,4,8-9,13-14H2,1H3,(H2,22,23,24). The van der Waals surface area contributed by atoms with Crippen molar-refractivity contribution in [2.75, 3.05) is 19.7 Å². The lowest BCUT2D eigenvalue weighted by molar-refractivity contribution is 0.105. The maximum absolute atomic E-state index is 13.8. The largest absolute Gasteiger partial charge is 0.467 e. The van der Waals surface area contributed by atoms with Gasteiger partial charge >= 0.3 is 0 Å². The van der Waals surface area contributed by atoms with E-state index >= 15 is 0 Å². The van der Waals surface area contributed by atoms with Crippen molar-refractivity contribution in [1.29, 1.82) is 5.26 Å². The number of ether oxygens (including phenoxy) is 1. The fraction of sp³-hybridized carbons (Fsp3) is 0.368. The second-order valence-electron chi connectivity index (χ2n) is 5.53. The van der Waals surface area contributed by atoms with Gasteiger partial charge in [0, 0.05) is 25.3 Å². The van der Waals surface area contributed by atoms with E-state index in [1.54, 1.807) is 6.26 Å². The van der Waals surface area contributed by atoms with E-state index in [4.69, 9.17) is 14.4 Å². The Morgan fingerprint density at radius 2 is 2.23 bits per heavy atom. The Labute approximate surface area is 152 Å². The molecule has 1 heterocycles. The number of benzene rings is 1. The van der Waals surface area contributed by atoms with Crippen molar-refractivity contribution in [3.8, 4) is 6.07 Å². The number of hydrogen-bond donors (Lipinski definition) is 2. The molecule has 0 amide bonds. The summed E-state index contributed by atoms with van der Waals surface area (Å²) in [4.78, 5) is 4.37. The van der Waals surface area contributed by atoms with E-state index in [1.807, 2.05) is 25.1 Å². The van der Waals surface area contributed by atoms with E-state index < -0.39 is 0 Å². The molecule has 0 aliphatic rings. The third-order valence-electron chi connectivity index (χ3n) is 3.51. The summed E-state index contributed by atoms with van der Waals surface area (Å²) in [6, 6.07) is 9.97. The Balaban J connectivity index is 1.76. The molecule has 0 atom stereocenters. The van der Waals surface area contributed by atoms with Gasteiger partial charge in [-0.2, -0.15) is 5.26 Å². The second kappa shape index (κ2) is 10.9. The molecule has 0 unspecified atom stereocenters. The van der Waals surface area contributed by atoms with Crippen molar-refractivity contribution in [3.05, 3.63) is 59.3 Å². The Hall–Kier alpha value is -2.85. The molecule has 26 heavy (non-hydrogen) atoms. The van der Waals surface area contributed by atoms with Crippen molar-refractivity contribution >= 4 is 5.96 Å².